The fourth-order valence-corrected chi connectivity index (χ4v) is 1.58. The van der Waals surface area contributed by atoms with Crippen LogP contribution in [0, 0.1) is 10.1 Å². The Labute approximate surface area is 108 Å². The van der Waals surface area contributed by atoms with Gasteiger partial charge in [0.25, 0.3) is 5.69 Å². The highest BCUT2D eigenvalue weighted by Crippen LogP contribution is 2.26. The molecule has 1 amide bonds. The summed E-state index contributed by atoms with van der Waals surface area (Å²) < 4.78 is 4.89. The highest BCUT2D eigenvalue weighted by atomic mass is 16.6. The number of hydrogen-bond acceptors (Lipinski definition) is 5. The summed E-state index contributed by atoms with van der Waals surface area (Å²) in [6, 6.07) is 5.67. The number of nitrogens with two attached hydrogens (primary N) is 1. The van der Waals surface area contributed by atoms with Crippen LogP contribution >= 0.6 is 0 Å². The lowest BCUT2D eigenvalue weighted by Gasteiger charge is -2.07. The van der Waals surface area contributed by atoms with Crippen molar-refractivity contribution in [2.75, 3.05) is 5.32 Å². The highest BCUT2D eigenvalue weighted by molar-refractivity contribution is 5.94. The molecule has 19 heavy (non-hydrogen) atoms. The van der Waals surface area contributed by atoms with Crippen LogP contribution in [0.4, 0.5) is 11.4 Å². The molecule has 2 aromatic rings. The van der Waals surface area contributed by atoms with Crippen LogP contribution < -0.4 is 11.1 Å². The smallest absolute Gasteiger partial charge is 0.292 e. The zero-order valence-electron chi connectivity index (χ0n) is 9.83. The first-order chi connectivity index (χ1) is 9.08. The van der Waals surface area contributed by atoms with Gasteiger partial charge >= 0.3 is 0 Å². The molecule has 0 aliphatic rings. The number of nitro benzene ring substituents is 1. The van der Waals surface area contributed by atoms with Gasteiger partial charge in [-0.15, -0.1) is 0 Å². The van der Waals surface area contributed by atoms with Gasteiger partial charge in [-0.2, -0.15) is 0 Å². The van der Waals surface area contributed by atoms with Gasteiger partial charge in [0, 0.05) is 23.7 Å². The molecule has 0 bridgehead atoms. The lowest BCUT2D eigenvalue weighted by molar-refractivity contribution is -0.384. The number of furan rings is 1. The highest BCUT2D eigenvalue weighted by Gasteiger charge is 2.15. The maximum Gasteiger partial charge on any atom is 0.292 e. The van der Waals surface area contributed by atoms with Crippen molar-refractivity contribution < 1.29 is 14.1 Å². The summed E-state index contributed by atoms with van der Waals surface area (Å²) in [4.78, 5) is 21.4. The Balaban J connectivity index is 2.27. The molecule has 1 heterocycles. The quantitative estimate of drug-likeness (QED) is 0.630. The first kappa shape index (κ1) is 12.6. The molecule has 0 atom stereocenters. The van der Waals surface area contributed by atoms with Gasteiger partial charge in [0.2, 0.25) is 5.91 Å². The molecule has 1 aromatic heterocycles. The summed E-state index contributed by atoms with van der Waals surface area (Å²) >= 11 is 0. The molecule has 0 unspecified atom stereocenters. The van der Waals surface area contributed by atoms with E-state index in [4.69, 9.17) is 10.2 Å². The second kappa shape index (κ2) is 5.21. The standard InChI is InChI=1S/C12H11N3O4/c13-12(16)9-1-2-11(15(17)18)10(5-9)14-6-8-3-4-19-7-8/h1-5,7,14H,6H2,(H2,13,16). The van der Waals surface area contributed by atoms with Crippen LogP contribution in [0.5, 0.6) is 0 Å². The molecule has 0 aliphatic heterocycles. The number of hydrogen-bond donors (Lipinski definition) is 2. The zero-order chi connectivity index (χ0) is 13.8. The molecule has 7 heteroatoms. The average Bonchev–Trinajstić information content (AvgIpc) is 2.88. The first-order valence-corrected chi connectivity index (χ1v) is 5.41. The van der Waals surface area contributed by atoms with Gasteiger partial charge in [0.15, 0.2) is 0 Å². The largest absolute Gasteiger partial charge is 0.472 e. The fourth-order valence-electron chi connectivity index (χ4n) is 1.58. The maximum absolute atomic E-state index is 11.1. The van der Waals surface area contributed by atoms with Crippen LogP contribution in [0.2, 0.25) is 0 Å². The summed E-state index contributed by atoms with van der Waals surface area (Å²) in [6.45, 7) is 0.347. The van der Waals surface area contributed by atoms with Crippen LogP contribution in [0.3, 0.4) is 0 Å². The van der Waals surface area contributed by atoms with E-state index in [0.717, 1.165) is 5.56 Å². The Bertz CT molecular complexity index is 607. The Morgan fingerprint density at radius 3 is 2.79 bits per heavy atom. The monoisotopic (exact) mass is 261 g/mol. The second-order valence-corrected chi connectivity index (χ2v) is 3.84. The Kier molecular flexibility index (Phi) is 3.46. The molecule has 0 spiro atoms. The van der Waals surface area contributed by atoms with Crippen molar-refractivity contribution in [2.24, 2.45) is 5.73 Å². The maximum atomic E-state index is 11.1. The van der Waals surface area contributed by atoms with E-state index in [1.165, 1.54) is 30.7 Å². The summed E-state index contributed by atoms with van der Waals surface area (Å²) in [5.41, 5.74) is 6.31. The van der Waals surface area contributed by atoms with Gasteiger partial charge in [0.1, 0.15) is 5.69 Å². The van der Waals surface area contributed by atoms with Gasteiger partial charge in [-0.3, -0.25) is 14.9 Å². The average molecular weight is 261 g/mol. The number of carbonyl (C=O) groups excluding carboxylic acids is 1. The third-order valence-electron chi connectivity index (χ3n) is 2.54. The Morgan fingerprint density at radius 2 is 2.21 bits per heavy atom. The van der Waals surface area contributed by atoms with Crippen molar-refractivity contribution in [3.63, 3.8) is 0 Å². The van der Waals surface area contributed by atoms with Gasteiger partial charge < -0.3 is 15.5 Å². The fraction of sp³-hybridized carbons (Fsp3) is 0.0833. The molecule has 1 aromatic carbocycles. The Hall–Kier alpha value is -2.83. The number of carbonyl (C=O) groups is 1. The van der Waals surface area contributed by atoms with Crippen molar-refractivity contribution in [3.8, 4) is 0 Å². The van der Waals surface area contributed by atoms with Crippen molar-refractivity contribution in [2.45, 2.75) is 6.54 Å². The van der Waals surface area contributed by atoms with E-state index in [1.54, 1.807) is 6.07 Å². The van der Waals surface area contributed by atoms with E-state index in [0.29, 0.717) is 6.54 Å². The molecular weight excluding hydrogens is 250 g/mol. The van der Waals surface area contributed by atoms with E-state index in [-0.39, 0.29) is 16.9 Å². The predicted octanol–water partition coefficient (Wildman–Crippen LogP) is 1.90. The number of nitrogens with one attached hydrogen (secondary N) is 1. The third kappa shape index (κ3) is 2.89. The number of nitrogens with zero attached hydrogens (tertiary/aromatic N) is 1. The third-order valence-corrected chi connectivity index (χ3v) is 2.54. The topological polar surface area (TPSA) is 111 Å². The summed E-state index contributed by atoms with van der Waals surface area (Å²) in [6.07, 6.45) is 3.03. The van der Waals surface area contributed by atoms with E-state index >= 15 is 0 Å². The predicted molar refractivity (Wildman–Crippen MR) is 67.6 cm³/mol. The van der Waals surface area contributed by atoms with E-state index < -0.39 is 10.8 Å². The summed E-state index contributed by atoms with van der Waals surface area (Å²) in [5.74, 6) is -0.638. The van der Waals surface area contributed by atoms with Crippen molar-refractivity contribution >= 4 is 17.3 Å². The molecule has 0 saturated carbocycles. The van der Waals surface area contributed by atoms with E-state index in [9.17, 15) is 14.9 Å². The zero-order valence-corrected chi connectivity index (χ0v) is 9.83. The number of amides is 1. The molecule has 98 valence electrons. The normalized spacial score (nSPS) is 10.1. The minimum atomic E-state index is -0.638. The van der Waals surface area contributed by atoms with Gasteiger partial charge in [-0.1, -0.05) is 0 Å². The Morgan fingerprint density at radius 1 is 1.42 bits per heavy atom. The lowest BCUT2D eigenvalue weighted by atomic mass is 10.1. The van der Waals surface area contributed by atoms with Crippen LogP contribution in [0.25, 0.3) is 0 Å². The van der Waals surface area contributed by atoms with Gasteiger partial charge in [0.05, 0.1) is 17.4 Å². The molecule has 0 fully saturated rings. The molecule has 7 nitrogen and oxygen atoms in total. The van der Waals surface area contributed by atoms with E-state index in [2.05, 4.69) is 5.32 Å². The SMILES string of the molecule is NC(=O)c1ccc([N+](=O)[O-])c(NCc2ccoc2)c1. The number of nitro groups is 1. The number of anilines is 1. The van der Waals surface area contributed by atoms with Crippen LogP contribution in [0.15, 0.2) is 41.2 Å². The second-order valence-electron chi connectivity index (χ2n) is 3.84. The van der Waals surface area contributed by atoms with Gasteiger partial charge in [-0.25, -0.2) is 0 Å². The van der Waals surface area contributed by atoms with Gasteiger partial charge in [-0.05, 0) is 18.2 Å². The van der Waals surface area contributed by atoms with E-state index in [1.807, 2.05) is 0 Å². The lowest BCUT2D eigenvalue weighted by Crippen LogP contribution is -2.12. The molecule has 2 rings (SSSR count). The molecule has 3 N–H and O–H groups in total. The van der Waals surface area contributed by atoms with Crippen molar-refractivity contribution in [1.82, 2.24) is 0 Å². The molecule has 0 saturated heterocycles. The molecule has 0 radical (unpaired) electrons. The van der Waals surface area contributed by atoms with Crippen LogP contribution in [0.1, 0.15) is 15.9 Å². The number of rotatable bonds is 5. The minimum Gasteiger partial charge on any atom is -0.472 e. The van der Waals surface area contributed by atoms with Crippen LogP contribution in [-0.4, -0.2) is 10.8 Å². The molecule has 0 aliphatic carbocycles. The van der Waals surface area contributed by atoms with Crippen molar-refractivity contribution in [1.29, 1.82) is 0 Å². The summed E-state index contributed by atoms with van der Waals surface area (Å²) in [5, 5.41) is 13.8. The molecular formula is C12H11N3O4. The first-order valence-electron chi connectivity index (χ1n) is 5.41. The minimum absolute atomic E-state index is 0.117. The number of primary amides is 1. The van der Waals surface area contributed by atoms with Crippen LogP contribution in [-0.2, 0) is 6.54 Å². The number of benzene rings is 1. The van der Waals surface area contributed by atoms with Crippen molar-refractivity contribution in [3.05, 3.63) is 58.0 Å². The summed E-state index contributed by atoms with van der Waals surface area (Å²) in [7, 11) is 0.